The van der Waals surface area contributed by atoms with E-state index in [2.05, 4.69) is 0 Å². The standard InChI is InChI=1S/C23H19NO3/c25-22-19-13-7-8-14-20(19)23(26)24(22)21(18-11-5-2-6-12-18)16-27-15-17-9-3-1-4-10-17/h1-14,21H,15-16H2/t21-/m0/s1. The first-order chi connectivity index (χ1) is 13.3. The van der Waals surface area contributed by atoms with Gasteiger partial charge in [-0.2, -0.15) is 0 Å². The van der Waals surface area contributed by atoms with Crippen LogP contribution in [0.15, 0.2) is 84.9 Å². The lowest BCUT2D eigenvalue weighted by molar-refractivity contribution is 0.0359. The number of carbonyl (C=O) groups is 2. The van der Waals surface area contributed by atoms with E-state index in [1.807, 2.05) is 60.7 Å². The highest BCUT2D eigenvalue weighted by atomic mass is 16.5. The molecule has 2 amide bonds. The number of carbonyl (C=O) groups excluding carboxylic acids is 2. The Labute approximate surface area is 158 Å². The average Bonchev–Trinajstić information content (AvgIpc) is 2.98. The zero-order chi connectivity index (χ0) is 18.6. The van der Waals surface area contributed by atoms with Gasteiger partial charge < -0.3 is 4.74 Å². The van der Waals surface area contributed by atoms with Crippen molar-refractivity contribution in [3.63, 3.8) is 0 Å². The Balaban J connectivity index is 1.59. The molecule has 0 unspecified atom stereocenters. The SMILES string of the molecule is O=C1c2ccccc2C(=O)N1[C@@H](COCc1ccccc1)c1ccccc1. The molecule has 0 aliphatic carbocycles. The minimum Gasteiger partial charge on any atom is -0.374 e. The molecule has 0 spiro atoms. The van der Waals surface area contributed by atoms with Crippen molar-refractivity contribution in [2.45, 2.75) is 12.6 Å². The Hall–Kier alpha value is -3.24. The number of ether oxygens (including phenoxy) is 1. The van der Waals surface area contributed by atoms with E-state index in [9.17, 15) is 9.59 Å². The van der Waals surface area contributed by atoms with Gasteiger partial charge in [-0.15, -0.1) is 0 Å². The molecule has 0 fully saturated rings. The van der Waals surface area contributed by atoms with Crippen LogP contribution in [0.1, 0.15) is 37.9 Å². The van der Waals surface area contributed by atoms with E-state index < -0.39 is 6.04 Å². The quantitative estimate of drug-likeness (QED) is 0.620. The van der Waals surface area contributed by atoms with Gasteiger partial charge >= 0.3 is 0 Å². The van der Waals surface area contributed by atoms with Crippen molar-refractivity contribution in [3.05, 3.63) is 107 Å². The lowest BCUT2D eigenvalue weighted by atomic mass is 10.1. The van der Waals surface area contributed by atoms with E-state index in [-0.39, 0.29) is 18.4 Å². The van der Waals surface area contributed by atoms with Crippen molar-refractivity contribution in [1.29, 1.82) is 0 Å². The number of hydrogen-bond acceptors (Lipinski definition) is 3. The molecule has 4 nitrogen and oxygen atoms in total. The van der Waals surface area contributed by atoms with Gasteiger partial charge in [-0.05, 0) is 23.3 Å². The zero-order valence-corrected chi connectivity index (χ0v) is 14.7. The number of imide groups is 1. The van der Waals surface area contributed by atoms with Crippen LogP contribution < -0.4 is 0 Å². The summed E-state index contributed by atoms with van der Waals surface area (Å²) < 4.78 is 5.90. The summed E-state index contributed by atoms with van der Waals surface area (Å²) in [6, 6.07) is 25.9. The fourth-order valence-corrected chi connectivity index (χ4v) is 3.35. The molecule has 1 aliphatic rings. The van der Waals surface area contributed by atoms with Crippen LogP contribution in [-0.4, -0.2) is 23.3 Å². The van der Waals surface area contributed by atoms with Crippen LogP contribution in [0.3, 0.4) is 0 Å². The molecular weight excluding hydrogens is 338 g/mol. The molecule has 1 aliphatic heterocycles. The van der Waals surface area contributed by atoms with E-state index in [1.165, 1.54) is 4.90 Å². The van der Waals surface area contributed by atoms with Crippen molar-refractivity contribution in [3.8, 4) is 0 Å². The molecule has 0 aromatic heterocycles. The minimum atomic E-state index is -0.470. The van der Waals surface area contributed by atoms with Crippen molar-refractivity contribution >= 4 is 11.8 Å². The van der Waals surface area contributed by atoms with Gasteiger partial charge in [-0.1, -0.05) is 72.8 Å². The molecule has 3 aromatic carbocycles. The summed E-state index contributed by atoms with van der Waals surface area (Å²) in [6.07, 6.45) is 0. The van der Waals surface area contributed by atoms with Crippen molar-refractivity contribution in [1.82, 2.24) is 4.90 Å². The van der Waals surface area contributed by atoms with Crippen LogP contribution in [0.5, 0.6) is 0 Å². The van der Waals surface area contributed by atoms with Crippen molar-refractivity contribution < 1.29 is 14.3 Å². The molecule has 3 aromatic rings. The summed E-state index contributed by atoms with van der Waals surface area (Å²) >= 11 is 0. The number of benzene rings is 3. The van der Waals surface area contributed by atoms with Gasteiger partial charge in [-0.25, -0.2) is 0 Å². The van der Waals surface area contributed by atoms with Crippen LogP contribution in [0.25, 0.3) is 0 Å². The normalized spacial score (nSPS) is 14.3. The number of hydrogen-bond donors (Lipinski definition) is 0. The predicted molar refractivity (Wildman–Crippen MR) is 102 cm³/mol. The van der Waals surface area contributed by atoms with Gasteiger partial charge in [0.2, 0.25) is 0 Å². The summed E-state index contributed by atoms with van der Waals surface area (Å²) in [5.41, 5.74) is 2.82. The van der Waals surface area contributed by atoms with Gasteiger partial charge in [0.05, 0.1) is 30.4 Å². The number of amides is 2. The molecule has 1 atom stereocenters. The molecule has 4 heteroatoms. The number of rotatable bonds is 6. The zero-order valence-electron chi connectivity index (χ0n) is 14.7. The number of fused-ring (bicyclic) bond motifs is 1. The monoisotopic (exact) mass is 357 g/mol. The van der Waals surface area contributed by atoms with E-state index in [0.717, 1.165) is 11.1 Å². The molecule has 0 bridgehead atoms. The van der Waals surface area contributed by atoms with E-state index in [0.29, 0.717) is 17.7 Å². The maximum Gasteiger partial charge on any atom is 0.262 e. The fraction of sp³-hybridized carbons (Fsp3) is 0.130. The Bertz CT molecular complexity index is 919. The van der Waals surface area contributed by atoms with Crippen molar-refractivity contribution in [2.24, 2.45) is 0 Å². The highest BCUT2D eigenvalue weighted by molar-refractivity contribution is 6.21. The molecule has 0 saturated carbocycles. The summed E-state index contributed by atoms with van der Waals surface area (Å²) in [5.74, 6) is -0.541. The number of nitrogens with zero attached hydrogens (tertiary/aromatic N) is 1. The van der Waals surface area contributed by atoms with Crippen LogP contribution >= 0.6 is 0 Å². The summed E-state index contributed by atoms with van der Waals surface area (Å²) in [5, 5.41) is 0. The third kappa shape index (κ3) is 3.39. The van der Waals surface area contributed by atoms with E-state index in [1.54, 1.807) is 24.3 Å². The van der Waals surface area contributed by atoms with Gasteiger partial charge in [0.25, 0.3) is 11.8 Å². The molecule has 0 saturated heterocycles. The Morgan fingerprint density at radius 1 is 0.704 bits per heavy atom. The first-order valence-electron chi connectivity index (χ1n) is 8.89. The van der Waals surface area contributed by atoms with Gasteiger partial charge in [0.15, 0.2) is 0 Å². The molecule has 0 radical (unpaired) electrons. The summed E-state index contributed by atoms with van der Waals surface area (Å²) in [4.78, 5) is 27.1. The Morgan fingerprint density at radius 2 is 1.22 bits per heavy atom. The average molecular weight is 357 g/mol. The molecule has 4 rings (SSSR count). The highest BCUT2D eigenvalue weighted by Crippen LogP contribution is 2.31. The third-order valence-corrected chi connectivity index (χ3v) is 4.71. The Kier molecular flexibility index (Phi) is 4.81. The summed E-state index contributed by atoms with van der Waals surface area (Å²) in [6.45, 7) is 0.664. The second-order valence-corrected chi connectivity index (χ2v) is 6.45. The van der Waals surface area contributed by atoms with Gasteiger partial charge in [0.1, 0.15) is 0 Å². The molecule has 134 valence electrons. The maximum atomic E-state index is 12.9. The smallest absolute Gasteiger partial charge is 0.262 e. The maximum absolute atomic E-state index is 12.9. The van der Waals surface area contributed by atoms with Crippen LogP contribution in [0.2, 0.25) is 0 Å². The van der Waals surface area contributed by atoms with Crippen LogP contribution in [0.4, 0.5) is 0 Å². The third-order valence-electron chi connectivity index (χ3n) is 4.71. The van der Waals surface area contributed by atoms with Gasteiger partial charge in [-0.3, -0.25) is 14.5 Å². The second-order valence-electron chi connectivity index (χ2n) is 6.45. The fourth-order valence-electron chi connectivity index (χ4n) is 3.35. The second kappa shape index (κ2) is 7.56. The van der Waals surface area contributed by atoms with Gasteiger partial charge in [0, 0.05) is 0 Å². The lowest BCUT2D eigenvalue weighted by Crippen LogP contribution is -2.36. The lowest BCUT2D eigenvalue weighted by Gasteiger charge is -2.26. The molecule has 1 heterocycles. The first kappa shape index (κ1) is 17.2. The topological polar surface area (TPSA) is 46.6 Å². The van der Waals surface area contributed by atoms with Crippen LogP contribution in [-0.2, 0) is 11.3 Å². The highest BCUT2D eigenvalue weighted by Gasteiger charge is 2.40. The molecule has 27 heavy (non-hydrogen) atoms. The van der Waals surface area contributed by atoms with E-state index >= 15 is 0 Å². The molecule has 0 N–H and O–H groups in total. The largest absolute Gasteiger partial charge is 0.374 e. The summed E-state index contributed by atoms with van der Waals surface area (Å²) in [7, 11) is 0. The van der Waals surface area contributed by atoms with Crippen molar-refractivity contribution in [2.75, 3.05) is 6.61 Å². The molecular formula is C23H19NO3. The van der Waals surface area contributed by atoms with Crippen LogP contribution in [0, 0.1) is 0 Å². The minimum absolute atomic E-state index is 0.240. The Morgan fingerprint density at radius 3 is 1.81 bits per heavy atom. The first-order valence-corrected chi connectivity index (χ1v) is 8.89. The van der Waals surface area contributed by atoms with E-state index in [4.69, 9.17) is 4.74 Å². The predicted octanol–water partition coefficient (Wildman–Crippen LogP) is 4.24.